The zero-order chi connectivity index (χ0) is 12.9. The minimum atomic E-state index is -0.231. The second kappa shape index (κ2) is 5.85. The maximum absolute atomic E-state index is 11.9. The molecule has 0 saturated heterocycles. The summed E-state index contributed by atoms with van der Waals surface area (Å²) in [6, 6.07) is 7.46. The van der Waals surface area contributed by atoms with Crippen LogP contribution in [0.25, 0.3) is 0 Å². The molecule has 0 radical (unpaired) electrons. The fourth-order valence-electron chi connectivity index (χ4n) is 1.57. The number of rotatable bonds is 5. The summed E-state index contributed by atoms with van der Waals surface area (Å²) < 4.78 is 5.74. The largest absolute Gasteiger partial charge is 0.488 e. The molecule has 17 heavy (non-hydrogen) atoms. The van der Waals surface area contributed by atoms with Gasteiger partial charge in [0.25, 0.3) is 0 Å². The highest BCUT2D eigenvalue weighted by Crippen LogP contribution is 2.20. The van der Waals surface area contributed by atoms with Gasteiger partial charge in [-0.15, -0.1) is 0 Å². The van der Waals surface area contributed by atoms with Crippen LogP contribution in [0, 0.1) is 0 Å². The van der Waals surface area contributed by atoms with Gasteiger partial charge in [-0.1, -0.05) is 25.5 Å². The molecular formula is C15H22O2. The van der Waals surface area contributed by atoms with Crippen LogP contribution in [-0.4, -0.2) is 11.4 Å². The number of hydrogen-bond donors (Lipinski definition) is 0. The molecule has 0 aliphatic heterocycles. The third kappa shape index (κ3) is 5.03. The number of hydrogen-bond acceptors (Lipinski definition) is 2. The molecule has 1 rings (SSSR count). The van der Waals surface area contributed by atoms with Crippen molar-refractivity contribution in [2.75, 3.05) is 0 Å². The molecule has 0 heterocycles. The van der Waals surface area contributed by atoms with Gasteiger partial charge in [0.1, 0.15) is 11.4 Å². The van der Waals surface area contributed by atoms with Gasteiger partial charge in [0.15, 0.2) is 5.78 Å². The van der Waals surface area contributed by atoms with Crippen LogP contribution in [0.1, 0.15) is 57.3 Å². The summed E-state index contributed by atoms with van der Waals surface area (Å²) in [5.41, 5.74) is 0.519. The van der Waals surface area contributed by atoms with E-state index in [1.165, 1.54) is 0 Å². The Bertz CT molecular complexity index is 375. The van der Waals surface area contributed by atoms with Crippen LogP contribution >= 0.6 is 0 Å². The number of carbonyl (C=O) groups excluding carboxylic acids is 1. The van der Waals surface area contributed by atoms with Crippen molar-refractivity contribution in [3.63, 3.8) is 0 Å². The first-order valence-electron chi connectivity index (χ1n) is 6.24. The normalized spacial score (nSPS) is 11.3. The van der Waals surface area contributed by atoms with Crippen molar-refractivity contribution in [2.45, 2.75) is 52.6 Å². The Labute approximate surface area is 104 Å². The van der Waals surface area contributed by atoms with E-state index in [0.717, 1.165) is 24.2 Å². The zero-order valence-corrected chi connectivity index (χ0v) is 11.2. The Morgan fingerprint density at radius 3 is 2.59 bits per heavy atom. The SMILES string of the molecule is CCCCC(=O)c1cccc(OC(C)(C)C)c1. The van der Waals surface area contributed by atoms with E-state index in [4.69, 9.17) is 4.74 Å². The molecular weight excluding hydrogens is 212 g/mol. The zero-order valence-electron chi connectivity index (χ0n) is 11.2. The van der Waals surface area contributed by atoms with E-state index in [1.54, 1.807) is 0 Å². The number of Topliss-reactive ketones (excluding diaryl/α,β-unsaturated/α-hetero) is 1. The molecule has 0 aliphatic rings. The van der Waals surface area contributed by atoms with Crippen LogP contribution in [0.3, 0.4) is 0 Å². The summed E-state index contributed by atoms with van der Waals surface area (Å²) >= 11 is 0. The van der Waals surface area contributed by atoms with E-state index >= 15 is 0 Å². The molecule has 0 aliphatic carbocycles. The molecule has 2 heteroatoms. The second-order valence-electron chi connectivity index (χ2n) is 5.27. The van der Waals surface area contributed by atoms with Crippen molar-refractivity contribution in [2.24, 2.45) is 0 Å². The molecule has 0 N–H and O–H groups in total. The Balaban J connectivity index is 2.75. The van der Waals surface area contributed by atoms with E-state index in [-0.39, 0.29) is 11.4 Å². The van der Waals surface area contributed by atoms with Crippen LogP contribution in [0.15, 0.2) is 24.3 Å². The average Bonchev–Trinajstić information content (AvgIpc) is 2.24. The lowest BCUT2D eigenvalue weighted by Gasteiger charge is -2.21. The van der Waals surface area contributed by atoms with Crippen LogP contribution < -0.4 is 4.74 Å². The standard InChI is InChI=1S/C15H22O2/c1-5-6-10-14(16)12-8-7-9-13(11-12)17-15(2,3)4/h7-9,11H,5-6,10H2,1-4H3. The molecule has 0 amide bonds. The maximum atomic E-state index is 11.9. The first-order chi connectivity index (χ1) is 7.92. The molecule has 0 unspecified atom stereocenters. The average molecular weight is 234 g/mol. The molecule has 2 nitrogen and oxygen atoms in total. The Kier molecular flexibility index (Phi) is 4.73. The second-order valence-corrected chi connectivity index (χ2v) is 5.27. The minimum absolute atomic E-state index is 0.200. The summed E-state index contributed by atoms with van der Waals surface area (Å²) in [4.78, 5) is 11.9. The molecule has 0 aromatic heterocycles. The van der Waals surface area contributed by atoms with Crippen molar-refractivity contribution in [1.82, 2.24) is 0 Å². The van der Waals surface area contributed by atoms with Crippen LogP contribution in [0.4, 0.5) is 0 Å². The molecule has 1 aromatic carbocycles. The Morgan fingerprint density at radius 2 is 2.00 bits per heavy atom. The van der Waals surface area contributed by atoms with Crippen molar-refractivity contribution in [3.05, 3.63) is 29.8 Å². The van der Waals surface area contributed by atoms with Crippen LogP contribution in [0.5, 0.6) is 5.75 Å². The van der Waals surface area contributed by atoms with Gasteiger partial charge in [-0.2, -0.15) is 0 Å². The molecule has 94 valence electrons. The number of ketones is 1. The smallest absolute Gasteiger partial charge is 0.163 e. The quantitative estimate of drug-likeness (QED) is 0.712. The first-order valence-corrected chi connectivity index (χ1v) is 6.24. The van der Waals surface area contributed by atoms with E-state index in [0.29, 0.717) is 6.42 Å². The topological polar surface area (TPSA) is 26.3 Å². The highest BCUT2D eigenvalue weighted by molar-refractivity contribution is 5.96. The number of carbonyl (C=O) groups is 1. The third-order valence-corrected chi connectivity index (χ3v) is 2.34. The highest BCUT2D eigenvalue weighted by Gasteiger charge is 2.13. The highest BCUT2D eigenvalue weighted by atomic mass is 16.5. The van der Waals surface area contributed by atoms with Crippen molar-refractivity contribution in [1.29, 1.82) is 0 Å². The molecule has 0 spiro atoms. The minimum Gasteiger partial charge on any atom is -0.488 e. The Hall–Kier alpha value is -1.31. The fraction of sp³-hybridized carbons (Fsp3) is 0.533. The summed E-state index contributed by atoms with van der Waals surface area (Å²) in [7, 11) is 0. The molecule has 0 saturated carbocycles. The van der Waals surface area contributed by atoms with Gasteiger partial charge in [-0.25, -0.2) is 0 Å². The molecule has 1 aromatic rings. The van der Waals surface area contributed by atoms with Gasteiger partial charge in [-0.05, 0) is 39.3 Å². The maximum Gasteiger partial charge on any atom is 0.163 e. The Morgan fingerprint density at radius 1 is 1.29 bits per heavy atom. The number of ether oxygens (including phenoxy) is 1. The predicted octanol–water partition coefficient (Wildman–Crippen LogP) is 4.24. The van der Waals surface area contributed by atoms with Crippen LogP contribution in [0.2, 0.25) is 0 Å². The third-order valence-electron chi connectivity index (χ3n) is 2.34. The van der Waals surface area contributed by atoms with E-state index in [9.17, 15) is 4.79 Å². The van der Waals surface area contributed by atoms with Crippen molar-refractivity contribution >= 4 is 5.78 Å². The monoisotopic (exact) mass is 234 g/mol. The van der Waals surface area contributed by atoms with Gasteiger partial charge in [0, 0.05) is 12.0 Å². The van der Waals surface area contributed by atoms with Crippen LogP contribution in [-0.2, 0) is 0 Å². The van der Waals surface area contributed by atoms with Gasteiger partial charge >= 0.3 is 0 Å². The lowest BCUT2D eigenvalue weighted by molar-refractivity contribution is 0.0976. The summed E-state index contributed by atoms with van der Waals surface area (Å²) in [5.74, 6) is 0.964. The van der Waals surface area contributed by atoms with E-state index in [1.807, 2.05) is 45.0 Å². The van der Waals surface area contributed by atoms with E-state index in [2.05, 4.69) is 6.92 Å². The number of unbranched alkanes of at least 4 members (excludes halogenated alkanes) is 1. The van der Waals surface area contributed by atoms with Gasteiger partial charge in [0.2, 0.25) is 0 Å². The van der Waals surface area contributed by atoms with Crippen molar-refractivity contribution in [3.8, 4) is 5.75 Å². The van der Waals surface area contributed by atoms with Crippen molar-refractivity contribution < 1.29 is 9.53 Å². The lowest BCUT2D eigenvalue weighted by Crippen LogP contribution is -2.23. The summed E-state index contributed by atoms with van der Waals surface area (Å²) in [6.07, 6.45) is 2.61. The van der Waals surface area contributed by atoms with Gasteiger partial charge in [0.05, 0.1) is 0 Å². The lowest BCUT2D eigenvalue weighted by atomic mass is 10.1. The molecule has 0 atom stereocenters. The fourth-order valence-corrected chi connectivity index (χ4v) is 1.57. The summed E-state index contributed by atoms with van der Waals surface area (Å²) in [6.45, 7) is 8.09. The van der Waals surface area contributed by atoms with Gasteiger partial charge in [-0.3, -0.25) is 4.79 Å². The molecule has 0 fully saturated rings. The first kappa shape index (κ1) is 13.8. The molecule has 0 bridgehead atoms. The van der Waals surface area contributed by atoms with Gasteiger partial charge < -0.3 is 4.74 Å². The predicted molar refractivity (Wildman–Crippen MR) is 70.7 cm³/mol. The summed E-state index contributed by atoms with van der Waals surface area (Å²) in [5, 5.41) is 0. The number of benzene rings is 1. The van der Waals surface area contributed by atoms with E-state index < -0.39 is 0 Å².